The topological polar surface area (TPSA) is 63.6 Å². The van der Waals surface area contributed by atoms with Gasteiger partial charge in [0.1, 0.15) is 5.60 Å². The maximum absolute atomic E-state index is 13.2. The van der Waals surface area contributed by atoms with Crippen LogP contribution in [0.3, 0.4) is 0 Å². The highest BCUT2D eigenvalue weighted by Crippen LogP contribution is 2.46. The van der Waals surface area contributed by atoms with Crippen LogP contribution in [0.2, 0.25) is 0 Å². The normalized spacial score (nSPS) is 25.5. The third-order valence-electron chi connectivity index (χ3n) is 3.77. The van der Waals surface area contributed by atoms with E-state index in [4.69, 9.17) is 0 Å². The number of halogens is 2. The Bertz CT molecular complexity index is 558. The molecule has 1 atom stereocenters. The van der Waals surface area contributed by atoms with Crippen molar-refractivity contribution in [1.82, 2.24) is 0 Å². The third kappa shape index (κ3) is 3.68. The number of rotatable bonds is 4. The van der Waals surface area contributed by atoms with Gasteiger partial charge in [0.15, 0.2) is 5.78 Å². The second kappa shape index (κ2) is 6.52. The summed E-state index contributed by atoms with van der Waals surface area (Å²) >= 11 is 0. The minimum atomic E-state index is -2.96. The van der Waals surface area contributed by atoms with E-state index in [2.05, 4.69) is 4.74 Å². The van der Waals surface area contributed by atoms with Gasteiger partial charge < -0.3 is 9.84 Å². The highest BCUT2D eigenvalue weighted by Gasteiger charge is 2.50. The van der Waals surface area contributed by atoms with Crippen LogP contribution in [0.1, 0.15) is 27.2 Å². The number of esters is 1. The molecule has 0 aliphatic heterocycles. The van der Waals surface area contributed by atoms with Crippen LogP contribution in [0.4, 0.5) is 8.78 Å². The number of alkyl halides is 2. The van der Waals surface area contributed by atoms with Crippen LogP contribution in [0.5, 0.6) is 0 Å². The Morgan fingerprint density at radius 2 is 2.05 bits per heavy atom. The van der Waals surface area contributed by atoms with Crippen LogP contribution in [-0.4, -0.2) is 36.0 Å². The molecule has 0 saturated carbocycles. The zero-order chi connectivity index (χ0) is 17.1. The molecule has 22 heavy (non-hydrogen) atoms. The van der Waals surface area contributed by atoms with Gasteiger partial charge in [0.2, 0.25) is 0 Å². The number of allylic oxidation sites excluding steroid dienone is 3. The van der Waals surface area contributed by atoms with Gasteiger partial charge >= 0.3 is 5.97 Å². The van der Waals surface area contributed by atoms with Gasteiger partial charge in [-0.3, -0.25) is 4.79 Å². The predicted octanol–water partition coefficient (Wildman–Crippen LogP) is 2.58. The van der Waals surface area contributed by atoms with Gasteiger partial charge in [-0.25, -0.2) is 13.6 Å². The van der Waals surface area contributed by atoms with Crippen LogP contribution in [0.25, 0.3) is 0 Å². The molecular weight excluding hydrogens is 294 g/mol. The summed E-state index contributed by atoms with van der Waals surface area (Å²) in [5.41, 5.74) is -3.26. The lowest BCUT2D eigenvalue weighted by Gasteiger charge is -2.44. The lowest BCUT2D eigenvalue weighted by atomic mass is 9.64. The molecule has 0 aromatic rings. The molecule has 0 spiro atoms. The maximum Gasteiger partial charge on any atom is 0.330 e. The molecule has 1 aliphatic rings. The number of aliphatic hydroxyl groups is 1. The zero-order valence-corrected chi connectivity index (χ0v) is 13.0. The number of ketones is 1. The second-order valence-electron chi connectivity index (χ2n) is 5.94. The SMILES string of the molecule is COC(=O)/C=C(C)\C=C\C1(O)C(C(F)F)=CC(=O)CC1(C)C. The molecule has 0 fully saturated rings. The molecule has 0 aromatic heterocycles. The Balaban J connectivity index is 3.26. The van der Waals surface area contributed by atoms with E-state index in [1.54, 1.807) is 20.8 Å². The number of hydrogen-bond acceptors (Lipinski definition) is 4. The first kappa shape index (κ1) is 18.2. The van der Waals surface area contributed by atoms with E-state index < -0.39 is 34.8 Å². The van der Waals surface area contributed by atoms with E-state index in [1.165, 1.54) is 25.3 Å². The zero-order valence-electron chi connectivity index (χ0n) is 13.0. The Morgan fingerprint density at radius 3 is 2.55 bits per heavy atom. The summed E-state index contributed by atoms with van der Waals surface area (Å²) in [7, 11) is 1.22. The van der Waals surface area contributed by atoms with Crippen molar-refractivity contribution in [3.63, 3.8) is 0 Å². The second-order valence-corrected chi connectivity index (χ2v) is 5.94. The van der Waals surface area contributed by atoms with Crippen LogP contribution >= 0.6 is 0 Å². The molecule has 4 nitrogen and oxygen atoms in total. The minimum Gasteiger partial charge on any atom is -0.466 e. The standard InChI is InChI=1S/C16H20F2O4/c1-10(7-13(20)22-4)5-6-16(21)12(14(17)18)8-11(19)9-15(16,2)3/h5-8,14,21H,9H2,1-4H3/b6-5+,10-7-. The largest absolute Gasteiger partial charge is 0.466 e. The molecule has 0 aromatic carbocycles. The molecule has 6 heteroatoms. The van der Waals surface area contributed by atoms with Crippen molar-refractivity contribution in [2.24, 2.45) is 5.41 Å². The number of methoxy groups -OCH3 is 1. The van der Waals surface area contributed by atoms with E-state index in [-0.39, 0.29) is 6.42 Å². The monoisotopic (exact) mass is 314 g/mol. The molecule has 0 radical (unpaired) electrons. The van der Waals surface area contributed by atoms with E-state index in [1.807, 2.05) is 0 Å². The first-order valence-electron chi connectivity index (χ1n) is 6.74. The van der Waals surface area contributed by atoms with Gasteiger partial charge in [0.25, 0.3) is 6.43 Å². The first-order chi connectivity index (χ1) is 10.0. The fourth-order valence-electron chi connectivity index (χ4n) is 2.39. The van der Waals surface area contributed by atoms with Crippen molar-refractivity contribution in [2.75, 3.05) is 7.11 Å². The number of carbonyl (C=O) groups excluding carboxylic acids is 2. The average molecular weight is 314 g/mol. The van der Waals surface area contributed by atoms with Crippen molar-refractivity contribution in [2.45, 2.75) is 39.2 Å². The van der Waals surface area contributed by atoms with Crippen LogP contribution in [0.15, 0.2) is 35.5 Å². The number of hydrogen-bond donors (Lipinski definition) is 1. The minimum absolute atomic E-state index is 0.0518. The summed E-state index contributed by atoms with van der Waals surface area (Å²) < 4.78 is 30.9. The number of carbonyl (C=O) groups is 2. The van der Waals surface area contributed by atoms with Crippen molar-refractivity contribution in [1.29, 1.82) is 0 Å². The van der Waals surface area contributed by atoms with E-state index >= 15 is 0 Å². The predicted molar refractivity (Wildman–Crippen MR) is 77.4 cm³/mol. The highest BCUT2D eigenvalue weighted by molar-refractivity contribution is 5.93. The molecule has 0 saturated heterocycles. The van der Waals surface area contributed by atoms with Crippen molar-refractivity contribution < 1.29 is 28.2 Å². The summed E-state index contributed by atoms with van der Waals surface area (Å²) in [6.45, 7) is 4.66. The molecule has 1 rings (SSSR count). The van der Waals surface area contributed by atoms with E-state index in [0.29, 0.717) is 5.57 Å². The molecule has 1 aliphatic carbocycles. The van der Waals surface area contributed by atoms with Crippen LogP contribution < -0.4 is 0 Å². The fraction of sp³-hybridized carbons (Fsp3) is 0.500. The summed E-state index contributed by atoms with van der Waals surface area (Å²) in [5.74, 6) is -1.03. The van der Waals surface area contributed by atoms with Gasteiger partial charge in [0, 0.05) is 23.5 Å². The Morgan fingerprint density at radius 1 is 1.45 bits per heavy atom. The first-order valence-corrected chi connectivity index (χ1v) is 6.74. The summed E-state index contributed by atoms with van der Waals surface area (Å²) in [4.78, 5) is 22.7. The molecule has 1 N–H and O–H groups in total. The lowest BCUT2D eigenvalue weighted by Crippen LogP contribution is -2.50. The Kier molecular flexibility index (Phi) is 5.40. The summed E-state index contributed by atoms with van der Waals surface area (Å²) in [6, 6.07) is 0. The maximum atomic E-state index is 13.2. The molecular formula is C16H20F2O4. The summed E-state index contributed by atoms with van der Waals surface area (Å²) in [5, 5.41) is 10.8. The van der Waals surface area contributed by atoms with Crippen molar-refractivity contribution in [3.05, 3.63) is 35.5 Å². The van der Waals surface area contributed by atoms with Crippen molar-refractivity contribution >= 4 is 11.8 Å². The van der Waals surface area contributed by atoms with E-state index in [0.717, 1.165) is 6.08 Å². The van der Waals surface area contributed by atoms with Gasteiger partial charge in [-0.05, 0) is 24.6 Å². The number of ether oxygens (including phenoxy) is 1. The van der Waals surface area contributed by atoms with Gasteiger partial charge in [-0.2, -0.15) is 0 Å². The van der Waals surface area contributed by atoms with Gasteiger partial charge in [0.05, 0.1) is 7.11 Å². The Labute approximate surface area is 128 Å². The Hall–Kier alpha value is -1.82. The quantitative estimate of drug-likeness (QED) is 0.492. The fourth-order valence-corrected chi connectivity index (χ4v) is 2.39. The summed E-state index contributed by atoms with van der Waals surface area (Å²) in [6.07, 6.45) is 1.54. The molecule has 0 bridgehead atoms. The molecule has 0 amide bonds. The van der Waals surface area contributed by atoms with Gasteiger partial charge in [-0.1, -0.05) is 19.9 Å². The van der Waals surface area contributed by atoms with Crippen molar-refractivity contribution in [3.8, 4) is 0 Å². The van der Waals surface area contributed by atoms with Gasteiger partial charge in [-0.15, -0.1) is 0 Å². The lowest BCUT2D eigenvalue weighted by molar-refractivity contribution is -0.134. The smallest absolute Gasteiger partial charge is 0.330 e. The van der Waals surface area contributed by atoms with Crippen LogP contribution in [-0.2, 0) is 14.3 Å². The highest BCUT2D eigenvalue weighted by atomic mass is 19.3. The molecule has 122 valence electrons. The molecule has 1 unspecified atom stereocenters. The van der Waals surface area contributed by atoms with E-state index in [9.17, 15) is 23.5 Å². The third-order valence-corrected chi connectivity index (χ3v) is 3.77. The average Bonchev–Trinajstić information content (AvgIpc) is 2.39. The molecule has 0 heterocycles. The van der Waals surface area contributed by atoms with Crippen LogP contribution in [0, 0.1) is 5.41 Å².